The van der Waals surface area contributed by atoms with E-state index in [2.05, 4.69) is 15.8 Å². The fourth-order valence-corrected chi connectivity index (χ4v) is 1.98. The highest BCUT2D eigenvalue weighted by molar-refractivity contribution is 5.92. The maximum atomic E-state index is 11.9. The van der Waals surface area contributed by atoms with Crippen molar-refractivity contribution in [1.29, 1.82) is 0 Å². The van der Waals surface area contributed by atoms with Crippen LogP contribution in [0.15, 0.2) is 4.52 Å². The predicted octanol–water partition coefficient (Wildman–Crippen LogP) is 1.28. The van der Waals surface area contributed by atoms with Gasteiger partial charge in [-0.3, -0.25) is 4.79 Å². The molecular weight excluding hydrogens is 270 g/mol. The lowest BCUT2D eigenvalue weighted by atomic mass is 10.2. The van der Waals surface area contributed by atoms with Crippen LogP contribution in [0.2, 0.25) is 0 Å². The smallest absolute Gasteiger partial charge is 0.226 e. The second-order valence-electron chi connectivity index (χ2n) is 4.39. The van der Waals surface area contributed by atoms with Gasteiger partial charge in [-0.25, -0.2) is 0 Å². The van der Waals surface area contributed by atoms with Crippen molar-refractivity contribution in [3.05, 3.63) is 11.5 Å². The summed E-state index contributed by atoms with van der Waals surface area (Å²) in [6.07, 6.45) is 1.13. The Balaban J connectivity index is 0.00000180. The number of halogens is 1. The molecule has 0 spiro atoms. The molecule has 0 bridgehead atoms. The summed E-state index contributed by atoms with van der Waals surface area (Å²) < 4.78 is 10.4. The van der Waals surface area contributed by atoms with Crippen molar-refractivity contribution in [1.82, 2.24) is 10.5 Å². The van der Waals surface area contributed by atoms with Crippen LogP contribution in [0.3, 0.4) is 0 Å². The van der Waals surface area contributed by atoms with E-state index in [1.54, 1.807) is 6.92 Å². The summed E-state index contributed by atoms with van der Waals surface area (Å²) >= 11 is 0. The molecule has 19 heavy (non-hydrogen) atoms. The Morgan fingerprint density at radius 3 is 3.00 bits per heavy atom. The molecule has 1 aromatic heterocycles. The van der Waals surface area contributed by atoms with Gasteiger partial charge >= 0.3 is 0 Å². The lowest BCUT2D eigenvalue weighted by Crippen LogP contribution is -2.43. The first-order chi connectivity index (χ1) is 8.70. The highest BCUT2D eigenvalue weighted by Crippen LogP contribution is 2.20. The Morgan fingerprint density at radius 2 is 2.37 bits per heavy atom. The molecule has 6 nitrogen and oxygen atoms in total. The van der Waals surface area contributed by atoms with Crippen molar-refractivity contribution in [2.45, 2.75) is 32.7 Å². The predicted molar refractivity (Wildman–Crippen MR) is 73.7 cm³/mol. The van der Waals surface area contributed by atoms with E-state index in [1.807, 2.05) is 6.92 Å². The van der Waals surface area contributed by atoms with Gasteiger partial charge in [-0.05, 0) is 13.3 Å². The van der Waals surface area contributed by atoms with Crippen LogP contribution in [0.1, 0.15) is 24.8 Å². The van der Waals surface area contributed by atoms with Gasteiger partial charge < -0.3 is 19.9 Å². The second kappa shape index (κ2) is 7.47. The third-order valence-corrected chi connectivity index (χ3v) is 2.96. The Hall–Kier alpha value is -1.11. The fourth-order valence-electron chi connectivity index (χ4n) is 1.98. The lowest BCUT2D eigenvalue weighted by molar-refractivity contribution is -0.117. The van der Waals surface area contributed by atoms with Gasteiger partial charge in [0.15, 0.2) is 5.76 Å². The highest BCUT2D eigenvalue weighted by atomic mass is 35.5. The molecule has 0 aromatic carbocycles. The minimum atomic E-state index is -0.0426. The van der Waals surface area contributed by atoms with Gasteiger partial charge in [-0.1, -0.05) is 12.1 Å². The molecule has 0 saturated carbocycles. The zero-order valence-electron chi connectivity index (χ0n) is 11.2. The monoisotopic (exact) mass is 289 g/mol. The van der Waals surface area contributed by atoms with E-state index in [-0.39, 0.29) is 24.4 Å². The van der Waals surface area contributed by atoms with Crippen LogP contribution >= 0.6 is 12.4 Å². The van der Waals surface area contributed by atoms with Crippen molar-refractivity contribution in [2.75, 3.05) is 25.1 Å². The molecule has 1 amide bonds. The molecule has 1 atom stereocenters. The van der Waals surface area contributed by atoms with Gasteiger partial charge in [0.2, 0.25) is 5.91 Å². The molecule has 1 saturated heterocycles. The van der Waals surface area contributed by atoms with Crippen LogP contribution in [0, 0.1) is 6.92 Å². The van der Waals surface area contributed by atoms with Crippen molar-refractivity contribution in [2.24, 2.45) is 0 Å². The Labute approximate surface area is 118 Å². The average Bonchev–Trinajstić information content (AvgIpc) is 2.72. The van der Waals surface area contributed by atoms with Crippen LogP contribution in [0.4, 0.5) is 5.69 Å². The van der Waals surface area contributed by atoms with E-state index in [1.165, 1.54) is 0 Å². The summed E-state index contributed by atoms with van der Waals surface area (Å²) in [6, 6.07) is 0.0870. The number of hydrogen-bond acceptors (Lipinski definition) is 5. The number of carbonyl (C=O) groups is 1. The number of nitrogens with zero attached hydrogens (tertiary/aromatic N) is 1. The van der Waals surface area contributed by atoms with E-state index in [0.29, 0.717) is 31.1 Å². The van der Waals surface area contributed by atoms with Crippen LogP contribution < -0.4 is 10.6 Å². The number of aromatic nitrogens is 1. The number of rotatable bonds is 4. The summed E-state index contributed by atoms with van der Waals surface area (Å²) in [5, 5.41) is 10.0. The van der Waals surface area contributed by atoms with Crippen molar-refractivity contribution < 1.29 is 14.1 Å². The van der Waals surface area contributed by atoms with E-state index in [9.17, 15) is 4.79 Å². The maximum Gasteiger partial charge on any atom is 0.226 e. The van der Waals surface area contributed by atoms with Gasteiger partial charge in [-0.2, -0.15) is 0 Å². The molecular formula is C12H20ClN3O3. The van der Waals surface area contributed by atoms with Crippen molar-refractivity contribution in [3.63, 3.8) is 0 Å². The van der Waals surface area contributed by atoms with E-state index < -0.39 is 0 Å². The molecule has 2 heterocycles. The zero-order chi connectivity index (χ0) is 13.0. The number of anilines is 1. The summed E-state index contributed by atoms with van der Waals surface area (Å²) in [7, 11) is 0. The van der Waals surface area contributed by atoms with E-state index >= 15 is 0 Å². The minimum Gasteiger partial charge on any atom is -0.378 e. The summed E-state index contributed by atoms with van der Waals surface area (Å²) in [4.78, 5) is 11.9. The van der Waals surface area contributed by atoms with Gasteiger partial charge in [0, 0.05) is 19.0 Å². The van der Waals surface area contributed by atoms with Gasteiger partial charge in [0.25, 0.3) is 0 Å². The van der Waals surface area contributed by atoms with E-state index in [0.717, 1.165) is 18.7 Å². The van der Waals surface area contributed by atoms with Gasteiger partial charge in [0.1, 0.15) is 11.4 Å². The third kappa shape index (κ3) is 4.19. The number of nitrogens with one attached hydrogen (secondary N) is 2. The molecule has 1 unspecified atom stereocenters. The molecule has 2 N–H and O–H groups in total. The van der Waals surface area contributed by atoms with Crippen molar-refractivity contribution >= 4 is 24.0 Å². The van der Waals surface area contributed by atoms with Crippen LogP contribution in [-0.4, -0.2) is 36.9 Å². The lowest BCUT2D eigenvalue weighted by Gasteiger charge is -2.23. The van der Waals surface area contributed by atoms with Crippen LogP contribution in [0.5, 0.6) is 0 Å². The molecule has 1 fully saturated rings. The molecule has 0 radical (unpaired) electrons. The summed E-state index contributed by atoms with van der Waals surface area (Å²) in [5.41, 5.74) is 1.49. The number of hydrogen-bond donors (Lipinski definition) is 2. The number of amides is 1. The second-order valence-corrected chi connectivity index (χ2v) is 4.39. The zero-order valence-corrected chi connectivity index (χ0v) is 12.0. The number of carbonyl (C=O) groups excluding carboxylic acids is 1. The largest absolute Gasteiger partial charge is 0.378 e. The first-order valence-electron chi connectivity index (χ1n) is 6.26. The normalized spacial score (nSPS) is 18.7. The molecule has 108 valence electrons. The number of ether oxygens (including phenoxy) is 1. The topological polar surface area (TPSA) is 76.4 Å². The molecule has 1 aliphatic heterocycles. The number of morpholine rings is 1. The molecule has 1 aliphatic rings. The maximum absolute atomic E-state index is 11.9. The van der Waals surface area contributed by atoms with Crippen molar-refractivity contribution in [3.8, 4) is 0 Å². The number of aryl methyl sites for hydroxylation is 2. The highest BCUT2D eigenvalue weighted by Gasteiger charge is 2.19. The molecule has 0 aliphatic carbocycles. The molecule has 1 aromatic rings. The Bertz CT molecular complexity index is 416. The first-order valence-corrected chi connectivity index (χ1v) is 6.26. The summed E-state index contributed by atoms with van der Waals surface area (Å²) in [5.74, 6) is 0.604. The van der Waals surface area contributed by atoms with E-state index in [4.69, 9.17) is 9.26 Å². The standard InChI is InChI=1S/C12H19N3O3.ClH/c1-3-10-12(8(2)18-15-10)14-11(16)6-9-7-17-5-4-13-9;/h9,13H,3-7H2,1-2H3,(H,14,16);1H. The van der Waals surface area contributed by atoms with Gasteiger partial charge in [0.05, 0.1) is 13.2 Å². The Morgan fingerprint density at radius 1 is 1.58 bits per heavy atom. The average molecular weight is 290 g/mol. The van der Waals surface area contributed by atoms with Crippen LogP contribution in [0.25, 0.3) is 0 Å². The Kier molecular flexibility index (Phi) is 6.27. The minimum absolute atomic E-state index is 0. The SMILES string of the molecule is CCc1noc(C)c1NC(=O)CC1COCCN1.Cl. The third-order valence-electron chi connectivity index (χ3n) is 2.96. The van der Waals surface area contributed by atoms with Gasteiger partial charge in [-0.15, -0.1) is 12.4 Å². The molecule has 7 heteroatoms. The fraction of sp³-hybridized carbons (Fsp3) is 0.667. The van der Waals surface area contributed by atoms with Crippen LogP contribution in [-0.2, 0) is 16.0 Å². The quantitative estimate of drug-likeness (QED) is 0.873. The molecule has 2 rings (SSSR count). The summed E-state index contributed by atoms with van der Waals surface area (Å²) in [6.45, 7) is 5.86. The first kappa shape index (κ1) is 15.9.